The molecule has 3 N–H and O–H groups in total. The minimum Gasteiger partial charge on any atom is -0.387 e. The van der Waals surface area contributed by atoms with E-state index >= 15 is 0 Å². The summed E-state index contributed by atoms with van der Waals surface area (Å²) in [6, 6.07) is 10.3. The Morgan fingerprint density at radius 1 is 1.21 bits per heavy atom. The molecule has 2 aliphatic rings. The van der Waals surface area contributed by atoms with E-state index in [1.807, 2.05) is 30.3 Å². The van der Waals surface area contributed by atoms with Crippen LogP contribution in [-0.2, 0) is 0 Å². The first kappa shape index (κ1) is 13.1. The number of β-amino-alcohol motifs (C(OH)–C–C–N with tert-alkyl or cyclic N) is 1. The van der Waals surface area contributed by atoms with Crippen molar-refractivity contribution in [3.05, 3.63) is 35.9 Å². The van der Waals surface area contributed by atoms with Crippen molar-refractivity contribution >= 4 is 0 Å². The van der Waals surface area contributed by atoms with Crippen molar-refractivity contribution in [1.82, 2.24) is 4.90 Å². The molecule has 1 aliphatic carbocycles. The van der Waals surface area contributed by atoms with Gasteiger partial charge in [-0.2, -0.15) is 0 Å². The molecule has 0 aromatic heterocycles. The van der Waals surface area contributed by atoms with Crippen LogP contribution in [0.4, 0.5) is 0 Å². The zero-order valence-corrected chi connectivity index (χ0v) is 11.4. The van der Waals surface area contributed by atoms with Gasteiger partial charge in [-0.15, -0.1) is 0 Å². The molecule has 3 heteroatoms. The number of hydrogen-bond donors (Lipinski definition) is 2. The molecule has 1 saturated heterocycles. The Hall–Kier alpha value is -0.900. The highest BCUT2D eigenvalue weighted by Gasteiger charge is 2.38. The molecule has 4 atom stereocenters. The van der Waals surface area contributed by atoms with Crippen LogP contribution in [0.2, 0.25) is 0 Å². The van der Waals surface area contributed by atoms with Gasteiger partial charge in [0.2, 0.25) is 0 Å². The number of aliphatic hydroxyl groups is 1. The molecule has 4 unspecified atom stereocenters. The zero-order valence-electron chi connectivity index (χ0n) is 11.4. The summed E-state index contributed by atoms with van der Waals surface area (Å²) in [5.41, 5.74) is 7.25. The topological polar surface area (TPSA) is 49.5 Å². The Morgan fingerprint density at radius 2 is 2.00 bits per heavy atom. The van der Waals surface area contributed by atoms with Crippen molar-refractivity contribution in [1.29, 1.82) is 0 Å². The van der Waals surface area contributed by atoms with Gasteiger partial charge in [-0.25, -0.2) is 0 Å². The predicted octanol–water partition coefficient (Wildman–Crippen LogP) is 1.78. The standard InChI is InChI=1S/C16H24N2O/c17-15-8-4-7-13-9-18(10-14(13)15)11-16(19)12-5-2-1-3-6-12/h1-3,5-6,13-16,19H,4,7-11,17H2. The number of nitrogens with zero attached hydrogens (tertiary/aromatic N) is 1. The van der Waals surface area contributed by atoms with E-state index in [1.54, 1.807) is 0 Å². The number of benzene rings is 1. The number of likely N-dealkylation sites (tertiary alicyclic amines) is 1. The van der Waals surface area contributed by atoms with Gasteiger partial charge in [-0.1, -0.05) is 36.8 Å². The van der Waals surface area contributed by atoms with Crippen LogP contribution >= 0.6 is 0 Å². The summed E-state index contributed by atoms with van der Waals surface area (Å²) < 4.78 is 0. The fourth-order valence-corrected chi connectivity index (χ4v) is 3.78. The molecule has 0 radical (unpaired) electrons. The lowest BCUT2D eigenvalue weighted by atomic mass is 9.78. The molecule has 1 heterocycles. The molecule has 0 spiro atoms. The normalized spacial score (nSPS) is 33.1. The van der Waals surface area contributed by atoms with Gasteiger partial charge in [0.15, 0.2) is 0 Å². The lowest BCUT2D eigenvalue weighted by Crippen LogP contribution is -2.38. The lowest BCUT2D eigenvalue weighted by Gasteiger charge is -2.29. The fraction of sp³-hybridized carbons (Fsp3) is 0.625. The van der Waals surface area contributed by atoms with Crippen LogP contribution < -0.4 is 5.73 Å². The van der Waals surface area contributed by atoms with E-state index in [-0.39, 0.29) is 6.10 Å². The summed E-state index contributed by atoms with van der Waals surface area (Å²) in [5.74, 6) is 1.41. The molecule has 1 aromatic carbocycles. The molecular weight excluding hydrogens is 236 g/mol. The molecular formula is C16H24N2O. The third-order valence-electron chi connectivity index (χ3n) is 4.85. The Labute approximate surface area is 115 Å². The molecule has 104 valence electrons. The van der Waals surface area contributed by atoms with Crippen molar-refractivity contribution < 1.29 is 5.11 Å². The van der Waals surface area contributed by atoms with Crippen LogP contribution in [0.5, 0.6) is 0 Å². The van der Waals surface area contributed by atoms with Crippen LogP contribution in [0.1, 0.15) is 30.9 Å². The number of fused-ring (bicyclic) bond motifs is 1. The highest BCUT2D eigenvalue weighted by atomic mass is 16.3. The summed E-state index contributed by atoms with van der Waals surface area (Å²) >= 11 is 0. The highest BCUT2D eigenvalue weighted by molar-refractivity contribution is 5.17. The van der Waals surface area contributed by atoms with E-state index < -0.39 is 0 Å². The van der Waals surface area contributed by atoms with Gasteiger partial charge < -0.3 is 10.8 Å². The van der Waals surface area contributed by atoms with E-state index in [1.165, 1.54) is 19.3 Å². The van der Waals surface area contributed by atoms with Crippen LogP contribution in [0.25, 0.3) is 0 Å². The number of rotatable bonds is 3. The molecule has 3 nitrogen and oxygen atoms in total. The van der Waals surface area contributed by atoms with Crippen molar-refractivity contribution in [2.75, 3.05) is 19.6 Å². The average molecular weight is 260 g/mol. The van der Waals surface area contributed by atoms with Crippen molar-refractivity contribution in [3.63, 3.8) is 0 Å². The average Bonchev–Trinajstić information content (AvgIpc) is 2.84. The molecule has 0 amide bonds. The van der Waals surface area contributed by atoms with E-state index in [4.69, 9.17) is 5.73 Å². The van der Waals surface area contributed by atoms with Crippen LogP contribution in [0.3, 0.4) is 0 Å². The SMILES string of the molecule is NC1CCCC2CN(CC(O)c3ccccc3)CC12. The summed E-state index contributed by atoms with van der Waals surface area (Å²) in [6.45, 7) is 2.92. The number of hydrogen-bond acceptors (Lipinski definition) is 3. The second-order valence-corrected chi connectivity index (χ2v) is 6.16. The maximum Gasteiger partial charge on any atom is 0.0916 e. The molecule has 0 bridgehead atoms. The van der Waals surface area contributed by atoms with Crippen molar-refractivity contribution in [3.8, 4) is 0 Å². The summed E-state index contributed by atoms with van der Waals surface area (Å²) in [6.07, 6.45) is 3.39. The van der Waals surface area contributed by atoms with Crippen LogP contribution in [0, 0.1) is 11.8 Å². The maximum absolute atomic E-state index is 10.3. The van der Waals surface area contributed by atoms with Gasteiger partial charge in [-0.3, -0.25) is 4.90 Å². The number of nitrogens with two attached hydrogens (primary N) is 1. The maximum atomic E-state index is 10.3. The van der Waals surface area contributed by atoms with E-state index in [9.17, 15) is 5.11 Å². The highest BCUT2D eigenvalue weighted by Crippen LogP contribution is 2.36. The summed E-state index contributed by atoms with van der Waals surface area (Å²) in [4.78, 5) is 2.40. The number of aliphatic hydroxyl groups excluding tert-OH is 1. The third-order valence-corrected chi connectivity index (χ3v) is 4.85. The van der Waals surface area contributed by atoms with Crippen molar-refractivity contribution in [2.45, 2.75) is 31.4 Å². The minimum absolute atomic E-state index is 0.373. The first-order valence-corrected chi connectivity index (χ1v) is 7.45. The van der Waals surface area contributed by atoms with Gasteiger partial charge in [0, 0.05) is 25.7 Å². The quantitative estimate of drug-likeness (QED) is 0.871. The van der Waals surface area contributed by atoms with Crippen LogP contribution in [0.15, 0.2) is 30.3 Å². The Balaban J connectivity index is 1.60. The lowest BCUT2D eigenvalue weighted by molar-refractivity contribution is 0.123. The largest absolute Gasteiger partial charge is 0.387 e. The van der Waals surface area contributed by atoms with Crippen molar-refractivity contribution in [2.24, 2.45) is 17.6 Å². The summed E-state index contributed by atoms with van der Waals surface area (Å²) in [7, 11) is 0. The van der Waals surface area contributed by atoms with Gasteiger partial charge in [0.1, 0.15) is 0 Å². The fourth-order valence-electron chi connectivity index (χ4n) is 3.78. The molecule has 1 aromatic rings. The van der Waals surface area contributed by atoms with Gasteiger partial charge in [-0.05, 0) is 30.2 Å². The monoisotopic (exact) mass is 260 g/mol. The van der Waals surface area contributed by atoms with E-state index in [2.05, 4.69) is 4.90 Å². The van der Waals surface area contributed by atoms with E-state index in [0.717, 1.165) is 31.1 Å². The van der Waals surface area contributed by atoms with Gasteiger partial charge in [0.05, 0.1) is 6.10 Å². The first-order chi connectivity index (χ1) is 9.24. The first-order valence-electron chi connectivity index (χ1n) is 7.45. The van der Waals surface area contributed by atoms with Gasteiger partial charge >= 0.3 is 0 Å². The molecule has 1 aliphatic heterocycles. The molecule has 1 saturated carbocycles. The molecule has 2 fully saturated rings. The molecule has 3 rings (SSSR count). The molecule has 19 heavy (non-hydrogen) atoms. The van der Waals surface area contributed by atoms with E-state index in [0.29, 0.717) is 12.0 Å². The Kier molecular flexibility index (Phi) is 3.87. The second kappa shape index (κ2) is 5.61. The Morgan fingerprint density at radius 3 is 2.74 bits per heavy atom. The predicted molar refractivity (Wildman–Crippen MR) is 76.6 cm³/mol. The van der Waals surface area contributed by atoms with Gasteiger partial charge in [0.25, 0.3) is 0 Å². The van der Waals surface area contributed by atoms with Crippen LogP contribution in [-0.4, -0.2) is 35.7 Å². The zero-order chi connectivity index (χ0) is 13.2. The smallest absolute Gasteiger partial charge is 0.0916 e. The summed E-state index contributed by atoms with van der Waals surface area (Å²) in [5, 5.41) is 10.3. The third kappa shape index (κ3) is 2.83. The minimum atomic E-state index is -0.377. The second-order valence-electron chi connectivity index (χ2n) is 6.16. The Bertz CT molecular complexity index is 408.